The molecule has 40 heavy (non-hydrogen) atoms. The lowest BCUT2D eigenvalue weighted by Crippen LogP contribution is -2.49. The van der Waals surface area contributed by atoms with Crippen molar-refractivity contribution in [3.8, 4) is 17.0 Å². The summed E-state index contributed by atoms with van der Waals surface area (Å²) >= 11 is 0. The van der Waals surface area contributed by atoms with Crippen molar-refractivity contribution in [1.82, 2.24) is 24.6 Å². The number of nitrogens with one attached hydrogen (secondary N) is 1. The molecule has 0 spiro atoms. The first-order chi connectivity index (χ1) is 19.6. The number of pyridine rings is 1. The van der Waals surface area contributed by atoms with Crippen LogP contribution in [-0.4, -0.2) is 70.4 Å². The Morgan fingerprint density at radius 2 is 1.65 bits per heavy atom. The van der Waals surface area contributed by atoms with Crippen molar-refractivity contribution in [2.75, 3.05) is 50.9 Å². The third-order valence-electron chi connectivity index (χ3n) is 8.63. The van der Waals surface area contributed by atoms with Crippen LogP contribution in [0.1, 0.15) is 44.2 Å². The summed E-state index contributed by atoms with van der Waals surface area (Å²) in [6.45, 7) is 8.08. The van der Waals surface area contributed by atoms with E-state index in [4.69, 9.17) is 15.6 Å². The minimum atomic E-state index is 0.370. The van der Waals surface area contributed by atoms with Crippen molar-refractivity contribution in [3.05, 3.63) is 66.5 Å². The molecule has 2 aliphatic rings. The number of piperazine rings is 1. The molecule has 0 amide bonds. The minimum absolute atomic E-state index is 0.370. The van der Waals surface area contributed by atoms with Crippen LogP contribution >= 0.6 is 0 Å². The van der Waals surface area contributed by atoms with Crippen molar-refractivity contribution in [3.63, 3.8) is 0 Å². The number of benzene rings is 2. The number of nitrogens with two attached hydrogens (primary N) is 1. The fourth-order valence-corrected chi connectivity index (χ4v) is 6.33. The van der Waals surface area contributed by atoms with Gasteiger partial charge in [-0.3, -0.25) is 14.6 Å². The second-order valence-corrected chi connectivity index (χ2v) is 11.2. The summed E-state index contributed by atoms with van der Waals surface area (Å²) in [5.41, 5.74) is 12.4. The normalized spacial score (nSPS) is 20.6. The van der Waals surface area contributed by atoms with Crippen LogP contribution in [0.4, 0.5) is 11.4 Å². The highest BCUT2D eigenvalue weighted by molar-refractivity contribution is 6.01. The lowest BCUT2D eigenvalue weighted by molar-refractivity contribution is 0.0816. The number of nitrogen functional groups attached to an aromatic ring is 1. The Morgan fingerprint density at radius 1 is 0.925 bits per heavy atom. The highest BCUT2D eigenvalue weighted by Crippen LogP contribution is 2.38. The fraction of sp³-hybridized carbons (Fsp3) is 0.438. The van der Waals surface area contributed by atoms with Crippen LogP contribution in [0.25, 0.3) is 22.2 Å². The third-order valence-corrected chi connectivity index (χ3v) is 8.63. The van der Waals surface area contributed by atoms with Crippen molar-refractivity contribution in [1.29, 1.82) is 0 Å². The van der Waals surface area contributed by atoms with Crippen LogP contribution in [0.15, 0.2) is 60.9 Å². The Morgan fingerprint density at radius 3 is 2.40 bits per heavy atom. The summed E-state index contributed by atoms with van der Waals surface area (Å²) in [6, 6.07) is 17.7. The maximum Gasteiger partial charge on any atom is 0.124 e. The Labute approximate surface area is 237 Å². The zero-order valence-corrected chi connectivity index (χ0v) is 23.7. The molecule has 6 rings (SSSR count). The molecule has 0 bridgehead atoms. The van der Waals surface area contributed by atoms with Gasteiger partial charge in [0.1, 0.15) is 11.4 Å². The first kappa shape index (κ1) is 26.6. The number of hydrogen-bond donors (Lipinski definition) is 2. The predicted octanol–water partition coefficient (Wildman–Crippen LogP) is 5.42. The van der Waals surface area contributed by atoms with E-state index in [1.807, 2.05) is 31.3 Å². The molecule has 1 saturated heterocycles. The average molecular weight is 540 g/mol. The molecule has 3 N–H and O–H groups in total. The van der Waals surface area contributed by atoms with Gasteiger partial charge in [0.25, 0.3) is 0 Å². The summed E-state index contributed by atoms with van der Waals surface area (Å²) in [5.74, 6) is 0.924. The van der Waals surface area contributed by atoms with Gasteiger partial charge in [0.15, 0.2) is 0 Å². The van der Waals surface area contributed by atoms with Gasteiger partial charge in [-0.25, -0.2) is 0 Å². The molecule has 210 valence electrons. The van der Waals surface area contributed by atoms with E-state index in [0.29, 0.717) is 30.9 Å². The van der Waals surface area contributed by atoms with Crippen LogP contribution < -0.4 is 15.8 Å². The van der Waals surface area contributed by atoms with E-state index in [1.54, 1.807) is 6.20 Å². The Hall–Kier alpha value is -3.62. The predicted molar refractivity (Wildman–Crippen MR) is 163 cm³/mol. The minimum Gasteiger partial charge on any atom is -0.494 e. The van der Waals surface area contributed by atoms with Crippen LogP contribution in [0.2, 0.25) is 0 Å². The van der Waals surface area contributed by atoms with Crippen LogP contribution in [0.3, 0.4) is 0 Å². The molecule has 8 heteroatoms. The number of hydrogen-bond acceptors (Lipinski definition) is 7. The summed E-state index contributed by atoms with van der Waals surface area (Å²) < 4.78 is 7.99. The molecule has 8 nitrogen and oxygen atoms in total. The molecular weight excluding hydrogens is 498 g/mol. The number of para-hydroxylation sites is 1. The number of rotatable bonds is 8. The molecule has 0 radical (unpaired) electrons. The van der Waals surface area contributed by atoms with Crippen LogP contribution in [0.5, 0.6) is 5.75 Å². The molecule has 3 heterocycles. The summed E-state index contributed by atoms with van der Waals surface area (Å²) in [5, 5.41) is 9.72. The first-order valence-corrected chi connectivity index (χ1v) is 14.7. The largest absolute Gasteiger partial charge is 0.494 e. The molecule has 2 aromatic carbocycles. The van der Waals surface area contributed by atoms with Crippen LogP contribution in [0, 0.1) is 0 Å². The van der Waals surface area contributed by atoms with E-state index < -0.39 is 0 Å². The fourth-order valence-electron chi connectivity index (χ4n) is 6.33. The van der Waals surface area contributed by atoms with Crippen molar-refractivity contribution in [2.45, 2.75) is 51.2 Å². The zero-order chi connectivity index (χ0) is 27.5. The van der Waals surface area contributed by atoms with Crippen LogP contribution in [-0.2, 0) is 6.54 Å². The van der Waals surface area contributed by atoms with Gasteiger partial charge >= 0.3 is 0 Å². The molecule has 0 atom stereocenters. The standard InChI is InChI=1S/C32H41N7O/c1-3-40-30-7-5-4-6-24(30)20-35-25-10-8-23(9-11-25)32-31-28(33)21-34-22-29(31)39(36-32)27-14-12-26(13-15-27)38-18-16-37(2)17-19-38/h4-11,21-22,26-27,35H,3,12-20,33H2,1-2H3. The van der Waals surface area contributed by atoms with Crippen molar-refractivity contribution in [2.24, 2.45) is 0 Å². The van der Waals surface area contributed by atoms with E-state index in [0.717, 1.165) is 52.0 Å². The second-order valence-electron chi connectivity index (χ2n) is 11.2. The molecule has 1 aliphatic carbocycles. The molecule has 4 aromatic rings. The number of likely N-dealkylation sites (N-methyl/N-ethyl adjacent to an activating group) is 1. The lowest BCUT2D eigenvalue weighted by Gasteiger charge is -2.41. The summed E-state index contributed by atoms with van der Waals surface area (Å²) in [7, 11) is 2.22. The zero-order valence-electron chi connectivity index (χ0n) is 23.7. The smallest absolute Gasteiger partial charge is 0.124 e. The number of fused-ring (bicyclic) bond motifs is 1. The highest BCUT2D eigenvalue weighted by Gasteiger charge is 2.30. The Kier molecular flexibility index (Phi) is 7.89. The number of anilines is 2. The van der Waals surface area contributed by atoms with E-state index in [2.05, 4.69) is 62.2 Å². The van der Waals surface area contributed by atoms with Crippen molar-refractivity contribution >= 4 is 22.3 Å². The van der Waals surface area contributed by atoms with Gasteiger partial charge in [-0.15, -0.1) is 0 Å². The maximum atomic E-state index is 6.50. The van der Waals surface area contributed by atoms with Gasteiger partial charge in [0, 0.05) is 55.6 Å². The number of ether oxygens (including phenoxy) is 1. The Bertz CT molecular complexity index is 1420. The van der Waals surface area contributed by atoms with E-state index >= 15 is 0 Å². The lowest BCUT2D eigenvalue weighted by atomic mass is 9.89. The third kappa shape index (κ3) is 5.51. The van der Waals surface area contributed by atoms with Gasteiger partial charge in [0.2, 0.25) is 0 Å². The van der Waals surface area contributed by atoms with Gasteiger partial charge in [-0.1, -0.05) is 30.3 Å². The van der Waals surface area contributed by atoms with Crippen molar-refractivity contribution < 1.29 is 4.74 Å². The first-order valence-electron chi connectivity index (χ1n) is 14.7. The summed E-state index contributed by atoms with van der Waals surface area (Å²) in [4.78, 5) is 9.57. The van der Waals surface area contributed by atoms with Gasteiger partial charge < -0.3 is 20.7 Å². The molecule has 0 unspecified atom stereocenters. The highest BCUT2D eigenvalue weighted by atomic mass is 16.5. The quantitative estimate of drug-likeness (QED) is 0.309. The number of nitrogens with zero attached hydrogens (tertiary/aromatic N) is 5. The molecule has 2 fully saturated rings. The topological polar surface area (TPSA) is 84.5 Å². The molecule has 2 aromatic heterocycles. The Balaban J connectivity index is 1.19. The average Bonchev–Trinajstić information content (AvgIpc) is 3.39. The number of aromatic nitrogens is 3. The van der Waals surface area contributed by atoms with E-state index in [-0.39, 0.29) is 0 Å². The van der Waals surface area contributed by atoms with Gasteiger partial charge in [-0.2, -0.15) is 5.10 Å². The SMILES string of the molecule is CCOc1ccccc1CNc1ccc(-c2nn(C3CCC(N4CCN(C)CC4)CC3)c3cncc(N)c23)cc1. The maximum absolute atomic E-state index is 6.50. The summed E-state index contributed by atoms with van der Waals surface area (Å²) in [6.07, 6.45) is 8.37. The van der Waals surface area contributed by atoms with Gasteiger partial charge in [0.05, 0.1) is 41.6 Å². The monoisotopic (exact) mass is 539 g/mol. The molecule has 1 aliphatic heterocycles. The second kappa shape index (κ2) is 11.9. The molecular formula is C32H41N7O. The van der Waals surface area contributed by atoms with E-state index in [1.165, 1.54) is 39.0 Å². The molecule has 1 saturated carbocycles. The van der Waals surface area contributed by atoms with Gasteiger partial charge in [-0.05, 0) is 57.9 Å². The van der Waals surface area contributed by atoms with E-state index in [9.17, 15) is 0 Å².